The molecule has 0 bridgehead atoms. The molecule has 1 aliphatic heterocycles. The molecule has 1 heterocycles. The standard InChI is InChI=1S/C16H23NO3/c1-12(2)16(13-6-4-3-5-7-13)17-8-9-20-11-14(17)10-15(18)19/h3-7,12,14,16H,8-11H2,1-2H3,(H,18,19). The number of ether oxygens (including phenoxy) is 1. The number of rotatable bonds is 5. The Balaban J connectivity index is 2.24. The van der Waals surface area contributed by atoms with Gasteiger partial charge in [-0.2, -0.15) is 0 Å². The maximum atomic E-state index is 11.1. The number of hydrogen-bond donors (Lipinski definition) is 1. The Morgan fingerprint density at radius 1 is 1.40 bits per heavy atom. The molecule has 1 aromatic rings. The lowest BCUT2D eigenvalue weighted by Crippen LogP contribution is -2.49. The number of nitrogens with zero attached hydrogens (tertiary/aromatic N) is 1. The maximum Gasteiger partial charge on any atom is 0.305 e. The van der Waals surface area contributed by atoms with Gasteiger partial charge in [-0.3, -0.25) is 9.69 Å². The third-order valence-electron chi connectivity index (χ3n) is 3.81. The van der Waals surface area contributed by atoms with Crippen molar-refractivity contribution < 1.29 is 14.6 Å². The van der Waals surface area contributed by atoms with Crippen LogP contribution in [-0.4, -0.2) is 41.8 Å². The molecule has 1 N–H and O–H groups in total. The fourth-order valence-corrected chi connectivity index (χ4v) is 3.02. The summed E-state index contributed by atoms with van der Waals surface area (Å²) in [4.78, 5) is 13.4. The van der Waals surface area contributed by atoms with Crippen LogP contribution in [0.5, 0.6) is 0 Å². The predicted molar refractivity (Wildman–Crippen MR) is 77.6 cm³/mol. The van der Waals surface area contributed by atoms with E-state index in [-0.39, 0.29) is 18.5 Å². The molecule has 20 heavy (non-hydrogen) atoms. The van der Waals surface area contributed by atoms with E-state index < -0.39 is 5.97 Å². The number of aliphatic carboxylic acids is 1. The molecule has 0 aromatic heterocycles. The fourth-order valence-electron chi connectivity index (χ4n) is 3.02. The van der Waals surface area contributed by atoms with E-state index in [4.69, 9.17) is 9.84 Å². The summed E-state index contributed by atoms with van der Waals surface area (Å²) in [7, 11) is 0. The Hall–Kier alpha value is -1.39. The maximum absolute atomic E-state index is 11.1. The molecule has 2 unspecified atom stereocenters. The predicted octanol–water partition coefficient (Wildman–Crippen LogP) is 2.56. The molecule has 0 amide bonds. The van der Waals surface area contributed by atoms with Crippen LogP contribution in [0, 0.1) is 5.92 Å². The second-order valence-corrected chi connectivity index (χ2v) is 5.66. The minimum atomic E-state index is -0.763. The van der Waals surface area contributed by atoms with Crippen molar-refractivity contribution in [1.29, 1.82) is 0 Å². The first-order valence-corrected chi connectivity index (χ1v) is 7.20. The van der Waals surface area contributed by atoms with Crippen molar-refractivity contribution in [2.75, 3.05) is 19.8 Å². The van der Waals surface area contributed by atoms with Crippen LogP contribution in [0.25, 0.3) is 0 Å². The quantitative estimate of drug-likeness (QED) is 0.898. The first-order valence-electron chi connectivity index (χ1n) is 7.20. The summed E-state index contributed by atoms with van der Waals surface area (Å²) in [5.74, 6) is -0.340. The van der Waals surface area contributed by atoms with E-state index in [1.807, 2.05) is 18.2 Å². The minimum absolute atomic E-state index is 0.0474. The molecule has 0 aliphatic carbocycles. The molecular weight excluding hydrogens is 254 g/mol. The van der Waals surface area contributed by atoms with Gasteiger partial charge < -0.3 is 9.84 Å². The molecule has 1 saturated heterocycles. The van der Waals surface area contributed by atoms with Crippen LogP contribution in [0.2, 0.25) is 0 Å². The van der Waals surface area contributed by atoms with Crippen LogP contribution in [0.15, 0.2) is 30.3 Å². The van der Waals surface area contributed by atoms with Gasteiger partial charge in [-0.25, -0.2) is 0 Å². The molecule has 110 valence electrons. The minimum Gasteiger partial charge on any atom is -0.481 e. The summed E-state index contributed by atoms with van der Waals surface area (Å²) in [5, 5.41) is 9.09. The second-order valence-electron chi connectivity index (χ2n) is 5.66. The molecule has 4 heteroatoms. The molecule has 2 rings (SSSR count). The lowest BCUT2D eigenvalue weighted by atomic mass is 9.92. The number of carboxylic acids is 1. The largest absolute Gasteiger partial charge is 0.481 e. The first kappa shape index (κ1) is 15.0. The molecule has 0 saturated carbocycles. The monoisotopic (exact) mass is 277 g/mol. The highest BCUT2D eigenvalue weighted by Crippen LogP contribution is 2.32. The summed E-state index contributed by atoms with van der Waals surface area (Å²) < 4.78 is 5.47. The summed E-state index contributed by atoms with van der Waals surface area (Å²) in [6, 6.07) is 10.5. The van der Waals surface area contributed by atoms with E-state index in [9.17, 15) is 4.79 Å². The van der Waals surface area contributed by atoms with Gasteiger partial charge in [0.1, 0.15) is 0 Å². The summed E-state index contributed by atoms with van der Waals surface area (Å²) in [5.41, 5.74) is 1.25. The summed E-state index contributed by atoms with van der Waals surface area (Å²) in [6.07, 6.45) is 0.135. The van der Waals surface area contributed by atoms with Gasteiger partial charge in [0.05, 0.1) is 19.6 Å². The molecule has 1 aromatic carbocycles. The van der Waals surface area contributed by atoms with Crippen LogP contribution in [0.3, 0.4) is 0 Å². The normalized spacial score (nSPS) is 21.9. The van der Waals surface area contributed by atoms with Crippen molar-refractivity contribution in [3.63, 3.8) is 0 Å². The Kier molecular flexibility index (Phi) is 5.15. The molecule has 2 atom stereocenters. The average Bonchev–Trinajstić information content (AvgIpc) is 2.41. The fraction of sp³-hybridized carbons (Fsp3) is 0.562. The highest BCUT2D eigenvalue weighted by atomic mass is 16.5. The van der Waals surface area contributed by atoms with E-state index in [0.29, 0.717) is 19.1 Å². The SMILES string of the molecule is CC(C)C(c1ccccc1)N1CCOCC1CC(=O)O. The van der Waals surface area contributed by atoms with Gasteiger partial charge in [0.15, 0.2) is 0 Å². The number of morpholine rings is 1. The van der Waals surface area contributed by atoms with Crippen molar-refractivity contribution in [1.82, 2.24) is 4.90 Å². The van der Waals surface area contributed by atoms with E-state index in [1.165, 1.54) is 5.56 Å². The van der Waals surface area contributed by atoms with Crippen LogP contribution in [-0.2, 0) is 9.53 Å². The summed E-state index contributed by atoms with van der Waals surface area (Å²) >= 11 is 0. The van der Waals surface area contributed by atoms with Crippen LogP contribution >= 0.6 is 0 Å². The van der Waals surface area contributed by atoms with Crippen molar-refractivity contribution in [2.24, 2.45) is 5.92 Å². The zero-order valence-corrected chi connectivity index (χ0v) is 12.2. The zero-order valence-electron chi connectivity index (χ0n) is 12.2. The highest BCUT2D eigenvalue weighted by molar-refractivity contribution is 5.67. The lowest BCUT2D eigenvalue weighted by Gasteiger charge is -2.42. The molecular formula is C16H23NO3. The molecule has 0 radical (unpaired) electrons. The topological polar surface area (TPSA) is 49.8 Å². The van der Waals surface area contributed by atoms with E-state index in [2.05, 4.69) is 30.9 Å². The van der Waals surface area contributed by atoms with Crippen LogP contribution < -0.4 is 0 Å². The summed E-state index contributed by atoms with van der Waals surface area (Å²) in [6.45, 7) is 6.33. The third kappa shape index (κ3) is 3.58. The van der Waals surface area contributed by atoms with Crippen LogP contribution in [0.4, 0.5) is 0 Å². The van der Waals surface area contributed by atoms with Crippen LogP contribution in [0.1, 0.15) is 31.9 Å². The van der Waals surface area contributed by atoms with Gasteiger partial charge in [0, 0.05) is 18.6 Å². The molecule has 1 aliphatic rings. The zero-order chi connectivity index (χ0) is 14.5. The van der Waals surface area contributed by atoms with Gasteiger partial charge in [0.2, 0.25) is 0 Å². The van der Waals surface area contributed by atoms with Gasteiger partial charge >= 0.3 is 5.97 Å². The molecule has 0 spiro atoms. The van der Waals surface area contributed by atoms with Gasteiger partial charge in [-0.1, -0.05) is 44.2 Å². The van der Waals surface area contributed by atoms with Crippen molar-refractivity contribution in [2.45, 2.75) is 32.4 Å². The van der Waals surface area contributed by atoms with E-state index in [1.54, 1.807) is 0 Å². The Bertz CT molecular complexity index is 433. The average molecular weight is 277 g/mol. The number of benzene rings is 1. The van der Waals surface area contributed by atoms with Gasteiger partial charge in [-0.05, 0) is 11.5 Å². The van der Waals surface area contributed by atoms with Crippen molar-refractivity contribution in [3.8, 4) is 0 Å². The van der Waals surface area contributed by atoms with Gasteiger partial charge in [-0.15, -0.1) is 0 Å². The van der Waals surface area contributed by atoms with E-state index >= 15 is 0 Å². The van der Waals surface area contributed by atoms with E-state index in [0.717, 1.165) is 6.54 Å². The van der Waals surface area contributed by atoms with Gasteiger partial charge in [0.25, 0.3) is 0 Å². The van der Waals surface area contributed by atoms with Crippen molar-refractivity contribution in [3.05, 3.63) is 35.9 Å². The second kappa shape index (κ2) is 6.86. The first-order chi connectivity index (χ1) is 9.59. The third-order valence-corrected chi connectivity index (χ3v) is 3.81. The number of carboxylic acid groups (broad SMARTS) is 1. The number of carbonyl (C=O) groups is 1. The highest BCUT2D eigenvalue weighted by Gasteiger charge is 2.33. The number of hydrogen-bond acceptors (Lipinski definition) is 3. The van der Waals surface area contributed by atoms with Crippen molar-refractivity contribution >= 4 is 5.97 Å². The smallest absolute Gasteiger partial charge is 0.305 e. The Morgan fingerprint density at radius 2 is 2.10 bits per heavy atom. The molecule has 1 fully saturated rings. The Labute approximate surface area is 120 Å². The molecule has 4 nitrogen and oxygen atoms in total. The lowest BCUT2D eigenvalue weighted by molar-refractivity contribution is -0.141. The Morgan fingerprint density at radius 3 is 2.70 bits per heavy atom.